The molecular formula is C18H18F3N3O2. The zero-order chi connectivity index (χ0) is 19.0. The number of amides is 3. The summed E-state index contributed by atoms with van der Waals surface area (Å²) in [4.78, 5) is 23.4. The fourth-order valence-corrected chi connectivity index (χ4v) is 2.15. The standard InChI is InChI=1S/C18H18F3N3O2/c19-18(20,21)15-8-4-5-13(11-15)12-24-17(26)23-10-9-22-16(25)14-6-2-1-3-7-14/h1-8,11H,9-10,12H2,(H,22,25)(H2,23,24,26). The van der Waals surface area contributed by atoms with Crippen molar-refractivity contribution in [3.8, 4) is 0 Å². The van der Waals surface area contributed by atoms with E-state index < -0.39 is 17.8 Å². The zero-order valence-corrected chi connectivity index (χ0v) is 13.8. The quantitative estimate of drug-likeness (QED) is 0.689. The maximum Gasteiger partial charge on any atom is 0.416 e. The fraction of sp³-hybridized carbons (Fsp3) is 0.222. The van der Waals surface area contributed by atoms with Crippen LogP contribution < -0.4 is 16.0 Å². The van der Waals surface area contributed by atoms with Crippen molar-refractivity contribution < 1.29 is 22.8 Å². The van der Waals surface area contributed by atoms with Crippen molar-refractivity contribution in [1.29, 1.82) is 0 Å². The zero-order valence-electron chi connectivity index (χ0n) is 13.8. The number of halogens is 3. The molecule has 0 fully saturated rings. The van der Waals surface area contributed by atoms with Gasteiger partial charge in [0, 0.05) is 25.2 Å². The van der Waals surface area contributed by atoms with Crippen molar-refractivity contribution >= 4 is 11.9 Å². The van der Waals surface area contributed by atoms with Crippen LogP contribution in [0.15, 0.2) is 54.6 Å². The maximum atomic E-state index is 12.6. The molecule has 0 saturated carbocycles. The van der Waals surface area contributed by atoms with Crippen LogP contribution in [0.1, 0.15) is 21.5 Å². The van der Waals surface area contributed by atoms with Gasteiger partial charge in [0.25, 0.3) is 5.91 Å². The Hall–Kier alpha value is -3.03. The van der Waals surface area contributed by atoms with Crippen LogP contribution in [-0.4, -0.2) is 25.0 Å². The van der Waals surface area contributed by atoms with Crippen LogP contribution in [-0.2, 0) is 12.7 Å². The second-order valence-electron chi connectivity index (χ2n) is 5.43. The first-order chi connectivity index (χ1) is 12.4. The van der Waals surface area contributed by atoms with E-state index in [0.29, 0.717) is 11.1 Å². The molecule has 0 aliphatic carbocycles. The van der Waals surface area contributed by atoms with Gasteiger partial charge in [-0.05, 0) is 29.8 Å². The van der Waals surface area contributed by atoms with E-state index in [2.05, 4.69) is 16.0 Å². The lowest BCUT2D eigenvalue weighted by molar-refractivity contribution is -0.137. The summed E-state index contributed by atoms with van der Waals surface area (Å²) >= 11 is 0. The van der Waals surface area contributed by atoms with E-state index in [9.17, 15) is 22.8 Å². The SMILES string of the molecule is O=C(NCCNC(=O)c1ccccc1)NCc1cccc(C(F)(F)F)c1. The van der Waals surface area contributed by atoms with Crippen molar-refractivity contribution in [1.82, 2.24) is 16.0 Å². The first kappa shape index (κ1) is 19.3. The second kappa shape index (κ2) is 8.89. The molecule has 0 saturated heterocycles. The Kier molecular flexibility index (Phi) is 6.60. The van der Waals surface area contributed by atoms with Gasteiger partial charge in [0.2, 0.25) is 0 Å². The number of hydrogen-bond donors (Lipinski definition) is 3. The van der Waals surface area contributed by atoms with Crippen molar-refractivity contribution in [2.75, 3.05) is 13.1 Å². The minimum Gasteiger partial charge on any atom is -0.350 e. The van der Waals surface area contributed by atoms with E-state index >= 15 is 0 Å². The third kappa shape index (κ3) is 6.12. The molecule has 138 valence electrons. The molecule has 3 N–H and O–H groups in total. The number of alkyl halides is 3. The molecule has 2 rings (SSSR count). The number of nitrogens with one attached hydrogen (secondary N) is 3. The molecule has 2 aromatic rings. The number of rotatable bonds is 6. The average molecular weight is 365 g/mol. The molecule has 26 heavy (non-hydrogen) atoms. The Morgan fingerprint density at radius 3 is 2.23 bits per heavy atom. The molecule has 0 heterocycles. The van der Waals surface area contributed by atoms with Crippen LogP contribution in [0.2, 0.25) is 0 Å². The molecular weight excluding hydrogens is 347 g/mol. The third-order valence-corrected chi connectivity index (χ3v) is 3.44. The van der Waals surface area contributed by atoms with Gasteiger partial charge in [-0.25, -0.2) is 4.79 Å². The van der Waals surface area contributed by atoms with Gasteiger partial charge in [-0.15, -0.1) is 0 Å². The summed E-state index contributed by atoms with van der Waals surface area (Å²) in [6.45, 7) is 0.379. The smallest absolute Gasteiger partial charge is 0.350 e. The highest BCUT2D eigenvalue weighted by molar-refractivity contribution is 5.94. The molecule has 0 atom stereocenters. The Morgan fingerprint density at radius 1 is 0.846 bits per heavy atom. The van der Waals surface area contributed by atoms with Gasteiger partial charge in [-0.1, -0.05) is 30.3 Å². The van der Waals surface area contributed by atoms with Gasteiger partial charge in [0.05, 0.1) is 5.56 Å². The minimum absolute atomic E-state index is 0.0356. The van der Waals surface area contributed by atoms with Crippen molar-refractivity contribution in [2.45, 2.75) is 12.7 Å². The summed E-state index contributed by atoms with van der Waals surface area (Å²) in [6.07, 6.45) is -4.42. The van der Waals surface area contributed by atoms with E-state index in [1.54, 1.807) is 30.3 Å². The molecule has 5 nitrogen and oxygen atoms in total. The lowest BCUT2D eigenvalue weighted by atomic mass is 10.1. The highest BCUT2D eigenvalue weighted by atomic mass is 19.4. The van der Waals surface area contributed by atoms with E-state index in [1.807, 2.05) is 0 Å². The topological polar surface area (TPSA) is 70.2 Å². The monoisotopic (exact) mass is 365 g/mol. The van der Waals surface area contributed by atoms with Crippen molar-refractivity contribution in [3.63, 3.8) is 0 Å². The number of carbonyl (C=O) groups excluding carboxylic acids is 2. The van der Waals surface area contributed by atoms with Crippen molar-refractivity contribution in [2.24, 2.45) is 0 Å². The number of urea groups is 1. The molecule has 0 aliphatic rings. The van der Waals surface area contributed by atoms with Crippen LogP contribution in [0.5, 0.6) is 0 Å². The predicted octanol–water partition coefficient (Wildman–Crippen LogP) is 2.93. The summed E-state index contributed by atoms with van der Waals surface area (Å²) in [5.74, 6) is -0.253. The van der Waals surface area contributed by atoms with Gasteiger partial charge in [0.1, 0.15) is 0 Å². The van der Waals surface area contributed by atoms with Crippen LogP contribution >= 0.6 is 0 Å². The first-order valence-electron chi connectivity index (χ1n) is 7.87. The third-order valence-electron chi connectivity index (χ3n) is 3.44. The highest BCUT2D eigenvalue weighted by Crippen LogP contribution is 2.29. The second-order valence-corrected chi connectivity index (χ2v) is 5.43. The van der Waals surface area contributed by atoms with Crippen LogP contribution in [0.3, 0.4) is 0 Å². The van der Waals surface area contributed by atoms with Gasteiger partial charge in [-0.2, -0.15) is 13.2 Å². The number of hydrogen-bond acceptors (Lipinski definition) is 2. The Labute approximate surface area is 148 Å². The Bertz CT molecular complexity index is 749. The molecule has 0 spiro atoms. The lowest BCUT2D eigenvalue weighted by Gasteiger charge is -2.11. The van der Waals surface area contributed by atoms with E-state index in [4.69, 9.17) is 0 Å². The summed E-state index contributed by atoms with van der Waals surface area (Å²) in [6, 6.07) is 12.8. The Balaban J connectivity index is 1.69. The number of benzene rings is 2. The molecule has 2 aromatic carbocycles. The van der Waals surface area contributed by atoms with Gasteiger partial charge in [0.15, 0.2) is 0 Å². The maximum absolute atomic E-state index is 12.6. The summed E-state index contributed by atoms with van der Waals surface area (Å²) in [7, 11) is 0. The lowest BCUT2D eigenvalue weighted by Crippen LogP contribution is -2.40. The van der Waals surface area contributed by atoms with Crippen LogP contribution in [0.25, 0.3) is 0 Å². The van der Waals surface area contributed by atoms with Crippen LogP contribution in [0, 0.1) is 0 Å². The largest absolute Gasteiger partial charge is 0.416 e. The Morgan fingerprint density at radius 2 is 1.54 bits per heavy atom. The molecule has 3 amide bonds. The molecule has 8 heteroatoms. The minimum atomic E-state index is -4.42. The van der Waals surface area contributed by atoms with Crippen molar-refractivity contribution in [3.05, 3.63) is 71.3 Å². The average Bonchev–Trinajstić information content (AvgIpc) is 2.63. The highest BCUT2D eigenvalue weighted by Gasteiger charge is 2.30. The first-order valence-corrected chi connectivity index (χ1v) is 7.87. The normalized spacial score (nSPS) is 10.9. The van der Waals surface area contributed by atoms with Gasteiger partial charge < -0.3 is 16.0 Å². The van der Waals surface area contributed by atoms with Crippen LogP contribution in [0.4, 0.5) is 18.0 Å². The predicted molar refractivity (Wildman–Crippen MR) is 90.5 cm³/mol. The summed E-state index contributed by atoms with van der Waals surface area (Å²) < 4.78 is 37.9. The van der Waals surface area contributed by atoms with Gasteiger partial charge >= 0.3 is 12.2 Å². The molecule has 0 radical (unpaired) electrons. The summed E-state index contributed by atoms with van der Waals surface area (Å²) in [5.41, 5.74) is 0.0923. The molecule has 0 aliphatic heterocycles. The number of carbonyl (C=O) groups is 2. The molecule has 0 bridgehead atoms. The molecule has 0 aromatic heterocycles. The fourth-order valence-electron chi connectivity index (χ4n) is 2.15. The molecule has 0 unspecified atom stereocenters. The van der Waals surface area contributed by atoms with E-state index in [1.165, 1.54) is 12.1 Å². The van der Waals surface area contributed by atoms with E-state index in [-0.39, 0.29) is 25.5 Å². The summed E-state index contributed by atoms with van der Waals surface area (Å²) in [5, 5.41) is 7.63. The van der Waals surface area contributed by atoms with E-state index in [0.717, 1.165) is 12.1 Å². The van der Waals surface area contributed by atoms with Gasteiger partial charge in [-0.3, -0.25) is 4.79 Å².